The fourth-order valence-electron chi connectivity index (χ4n) is 2.31. The number of carbonyl (C=O) groups is 1. The molecule has 1 aromatic carbocycles. The normalized spacial score (nSPS) is 11.8. The highest BCUT2D eigenvalue weighted by Crippen LogP contribution is 2.18. The summed E-state index contributed by atoms with van der Waals surface area (Å²) in [6.45, 7) is 0.372. The fraction of sp³-hybridized carbons (Fsp3) is 0.118. The van der Waals surface area contributed by atoms with E-state index in [2.05, 4.69) is 10.1 Å². The van der Waals surface area contributed by atoms with Gasteiger partial charge in [0.1, 0.15) is 22.2 Å². The van der Waals surface area contributed by atoms with E-state index in [1.807, 2.05) is 4.72 Å². The first kappa shape index (κ1) is 18.6. The zero-order valence-electron chi connectivity index (χ0n) is 14.1. The molecule has 1 unspecified atom stereocenters. The molecule has 2 aromatic heterocycles. The molecule has 1 amide bonds. The molecule has 140 valence electrons. The highest BCUT2D eigenvalue weighted by atomic mass is 32.2. The van der Waals surface area contributed by atoms with Crippen LogP contribution < -0.4 is 9.46 Å². The molecular formula is C17H14F2N4O3S. The maximum Gasteiger partial charge on any atom is 0.281 e. The molecule has 0 bridgehead atoms. The zero-order valence-corrected chi connectivity index (χ0v) is 14.9. The van der Waals surface area contributed by atoms with Gasteiger partial charge in [0.15, 0.2) is 11.0 Å². The van der Waals surface area contributed by atoms with Crippen LogP contribution in [-0.4, -0.2) is 32.0 Å². The molecule has 0 saturated carbocycles. The number of benzene rings is 1. The molecule has 0 radical (unpaired) electrons. The van der Waals surface area contributed by atoms with Gasteiger partial charge < -0.3 is 4.74 Å². The largest absolute Gasteiger partial charge is 0.481 e. The van der Waals surface area contributed by atoms with Crippen LogP contribution in [0.5, 0.6) is 5.88 Å². The van der Waals surface area contributed by atoms with Crippen molar-refractivity contribution in [1.82, 2.24) is 19.5 Å². The lowest BCUT2D eigenvalue weighted by Crippen LogP contribution is -2.28. The van der Waals surface area contributed by atoms with Gasteiger partial charge in [-0.1, -0.05) is 6.07 Å². The van der Waals surface area contributed by atoms with Crippen molar-refractivity contribution in [2.45, 2.75) is 11.4 Å². The molecule has 10 heteroatoms. The molecular weight excluding hydrogens is 378 g/mol. The van der Waals surface area contributed by atoms with Crippen molar-refractivity contribution in [1.29, 1.82) is 0 Å². The van der Waals surface area contributed by atoms with Gasteiger partial charge in [0.2, 0.25) is 5.88 Å². The van der Waals surface area contributed by atoms with Crippen LogP contribution in [0, 0.1) is 11.6 Å². The first-order valence-electron chi connectivity index (χ1n) is 7.67. The van der Waals surface area contributed by atoms with Crippen molar-refractivity contribution in [2.75, 3.05) is 7.11 Å². The average molecular weight is 392 g/mol. The second kappa shape index (κ2) is 8.04. The van der Waals surface area contributed by atoms with Crippen LogP contribution in [0.15, 0.2) is 53.7 Å². The van der Waals surface area contributed by atoms with Crippen LogP contribution in [0.1, 0.15) is 16.1 Å². The summed E-state index contributed by atoms with van der Waals surface area (Å²) in [5, 5.41) is 4.08. The molecule has 0 aliphatic rings. The van der Waals surface area contributed by atoms with E-state index in [9.17, 15) is 17.8 Å². The molecule has 0 spiro atoms. The van der Waals surface area contributed by atoms with E-state index in [4.69, 9.17) is 4.74 Å². The number of ether oxygens (including phenoxy) is 1. The van der Waals surface area contributed by atoms with E-state index >= 15 is 0 Å². The number of nitrogens with zero attached hydrogens (tertiary/aromatic N) is 3. The Hall–Kier alpha value is -3.14. The second-order valence-corrected chi connectivity index (χ2v) is 6.47. The number of hydrogen-bond acceptors (Lipinski definition) is 5. The maximum absolute atomic E-state index is 13.7. The van der Waals surface area contributed by atoms with Gasteiger partial charge in [-0.15, -0.1) is 0 Å². The van der Waals surface area contributed by atoms with Gasteiger partial charge in [-0.25, -0.2) is 18.0 Å². The van der Waals surface area contributed by atoms with Gasteiger partial charge in [-0.3, -0.25) is 14.2 Å². The van der Waals surface area contributed by atoms with Crippen molar-refractivity contribution in [2.24, 2.45) is 0 Å². The Balaban J connectivity index is 1.79. The first-order chi connectivity index (χ1) is 13.0. The highest BCUT2D eigenvalue weighted by molar-refractivity contribution is 7.83. The summed E-state index contributed by atoms with van der Waals surface area (Å²) in [5.74, 6) is -2.72. The van der Waals surface area contributed by atoms with Gasteiger partial charge in [0.25, 0.3) is 5.91 Å². The molecule has 2 heterocycles. The maximum atomic E-state index is 13.7. The molecule has 3 rings (SSSR count). The minimum Gasteiger partial charge on any atom is -0.481 e. The van der Waals surface area contributed by atoms with Crippen LogP contribution >= 0.6 is 0 Å². The molecule has 7 nitrogen and oxygen atoms in total. The molecule has 0 saturated heterocycles. The lowest BCUT2D eigenvalue weighted by molar-refractivity contribution is 0.0977. The van der Waals surface area contributed by atoms with Gasteiger partial charge >= 0.3 is 0 Å². The van der Waals surface area contributed by atoms with Crippen molar-refractivity contribution >= 4 is 16.9 Å². The van der Waals surface area contributed by atoms with Crippen LogP contribution in [0.4, 0.5) is 8.78 Å². The predicted octanol–water partition coefficient (Wildman–Crippen LogP) is 2.07. The quantitative estimate of drug-likeness (QED) is 0.694. The van der Waals surface area contributed by atoms with Gasteiger partial charge in [0.05, 0.1) is 13.7 Å². The van der Waals surface area contributed by atoms with Gasteiger partial charge in [-0.05, 0) is 30.3 Å². The van der Waals surface area contributed by atoms with E-state index < -0.39 is 33.4 Å². The Bertz CT molecular complexity index is 976. The van der Waals surface area contributed by atoms with Crippen LogP contribution in [0.2, 0.25) is 0 Å². The van der Waals surface area contributed by atoms with E-state index in [-0.39, 0.29) is 11.6 Å². The van der Waals surface area contributed by atoms with E-state index in [0.29, 0.717) is 12.1 Å². The number of hydrogen-bond donors (Lipinski definition) is 1. The van der Waals surface area contributed by atoms with Gasteiger partial charge in [0, 0.05) is 18.0 Å². The van der Waals surface area contributed by atoms with Crippen molar-refractivity contribution in [3.63, 3.8) is 0 Å². The lowest BCUT2D eigenvalue weighted by atomic mass is 10.2. The topological polar surface area (TPSA) is 86.1 Å². The Kier molecular flexibility index (Phi) is 5.55. The summed E-state index contributed by atoms with van der Waals surface area (Å²) in [7, 11) is -1.03. The number of halogens is 2. The highest BCUT2D eigenvalue weighted by Gasteiger charge is 2.20. The number of rotatable bonds is 6. The standard InChI is InChI=1S/C17H14F2N4O3S/c1-26-17-11(10-23-9-3-8-20-23)6-7-14(21-17)16(24)22-27(25)15-12(18)4-2-5-13(15)19/h2-9H,10H2,1H3,(H,22,24). The molecule has 0 fully saturated rings. The van der Waals surface area contributed by atoms with Crippen LogP contribution in [0.25, 0.3) is 0 Å². The lowest BCUT2D eigenvalue weighted by Gasteiger charge is -2.10. The smallest absolute Gasteiger partial charge is 0.281 e. The number of nitrogens with one attached hydrogen (secondary N) is 1. The van der Waals surface area contributed by atoms with E-state index in [1.54, 1.807) is 29.2 Å². The summed E-state index contributed by atoms with van der Waals surface area (Å²) >= 11 is 0. The summed E-state index contributed by atoms with van der Waals surface area (Å²) in [4.78, 5) is 15.6. The third-order valence-corrected chi connectivity index (χ3v) is 4.68. The second-order valence-electron chi connectivity index (χ2n) is 5.32. The molecule has 27 heavy (non-hydrogen) atoms. The van der Waals surface area contributed by atoms with Crippen molar-refractivity contribution in [3.8, 4) is 5.88 Å². The Morgan fingerprint density at radius 1 is 1.22 bits per heavy atom. The monoisotopic (exact) mass is 392 g/mol. The van der Waals surface area contributed by atoms with Crippen molar-refractivity contribution in [3.05, 3.63) is 71.7 Å². The summed E-state index contributed by atoms with van der Waals surface area (Å²) in [5.41, 5.74) is 0.556. The molecule has 0 aliphatic heterocycles. The van der Waals surface area contributed by atoms with Crippen LogP contribution in [-0.2, 0) is 17.5 Å². The molecule has 3 aromatic rings. The minimum absolute atomic E-state index is 0.110. The van der Waals surface area contributed by atoms with Crippen molar-refractivity contribution < 1.29 is 22.5 Å². The first-order valence-corrected chi connectivity index (χ1v) is 8.82. The number of carbonyl (C=O) groups excluding carboxylic acids is 1. The number of amides is 1. The summed E-state index contributed by atoms with van der Waals surface area (Å²) < 4.78 is 48.3. The van der Waals surface area contributed by atoms with Crippen LogP contribution in [0.3, 0.4) is 0 Å². The minimum atomic E-state index is -2.42. The summed E-state index contributed by atoms with van der Waals surface area (Å²) in [6.07, 6.45) is 3.38. The average Bonchev–Trinajstić information content (AvgIpc) is 3.15. The van der Waals surface area contributed by atoms with E-state index in [0.717, 1.165) is 18.2 Å². The fourth-order valence-corrected chi connectivity index (χ4v) is 3.17. The number of aromatic nitrogens is 3. The predicted molar refractivity (Wildman–Crippen MR) is 92.4 cm³/mol. The number of methoxy groups -OCH3 is 1. The summed E-state index contributed by atoms with van der Waals surface area (Å²) in [6, 6.07) is 7.80. The Morgan fingerprint density at radius 3 is 2.59 bits per heavy atom. The molecule has 0 aliphatic carbocycles. The number of pyridine rings is 1. The molecule has 1 N–H and O–H groups in total. The zero-order chi connectivity index (χ0) is 19.4. The third kappa shape index (κ3) is 4.17. The SMILES string of the molecule is COc1nc(C(=O)NS(=O)c2c(F)cccc2F)ccc1Cn1cccn1. The Labute approximate surface area is 155 Å². The molecule has 1 atom stereocenters. The van der Waals surface area contributed by atoms with Gasteiger partial charge in [-0.2, -0.15) is 5.10 Å². The Morgan fingerprint density at radius 2 is 1.96 bits per heavy atom. The van der Waals surface area contributed by atoms with E-state index in [1.165, 1.54) is 13.2 Å². The third-order valence-electron chi connectivity index (χ3n) is 3.55.